The van der Waals surface area contributed by atoms with Gasteiger partial charge in [-0.1, -0.05) is 0 Å². The van der Waals surface area contributed by atoms with Crippen molar-refractivity contribution in [3.63, 3.8) is 0 Å². The minimum absolute atomic E-state index is 0.0324. The Balaban J connectivity index is 1.92. The Kier molecular flexibility index (Phi) is 2.85. The summed E-state index contributed by atoms with van der Waals surface area (Å²) in [5.74, 6) is -0.948. The van der Waals surface area contributed by atoms with Crippen LogP contribution in [0.2, 0.25) is 0 Å². The Morgan fingerprint density at radius 1 is 1.37 bits per heavy atom. The molecule has 0 saturated carbocycles. The van der Waals surface area contributed by atoms with Crippen molar-refractivity contribution >= 4 is 5.78 Å². The number of carbonyl (C=O) groups is 1. The lowest BCUT2D eigenvalue weighted by Gasteiger charge is -2.19. The molecule has 0 amide bonds. The number of fused-ring (bicyclic) bond motifs is 2. The van der Waals surface area contributed by atoms with Crippen LogP contribution < -0.4 is 0 Å². The average molecular weight is 271 g/mol. The van der Waals surface area contributed by atoms with Gasteiger partial charge in [0.25, 0.3) is 0 Å². The van der Waals surface area contributed by atoms with Gasteiger partial charge in [-0.2, -0.15) is 13.2 Å². The zero-order chi connectivity index (χ0) is 13.6. The molecule has 2 saturated heterocycles. The normalized spacial score (nSPS) is 29.7. The molecule has 2 fully saturated rings. The summed E-state index contributed by atoms with van der Waals surface area (Å²) in [6, 6.07) is 0.849. The summed E-state index contributed by atoms with van der Waals surface area (Å²) in [6.07, 6.45) is -0.490. The van der Waals surface area contributed by atoms with E-state index in [9.17, 15) is 18.0 Å². The van der Waals surface area contributed by atoms with Crippen LogP contribution >= 0.6 is 0 Å². The molecule has 3 atom stereocenters. The third-order valence-electron chi connectivity index (χ3n) is 3.83. The van der Waals surface area contributed by atoms with Crippen molar-refractivity contribution in [2.75, 3.05) is 0 Å². The van der Waals surface area contributed by atoms with Crippen molar-refractivity contribution in [3.05, 3.63) is 29.6 Å². The van der Waals surface area contributed by atoms with Crippen molar-refractivity contribution in [1.82, 2.24) is 4.98 Å². The first-order valence-corrected chi connectivity index (χ1v) is 6.17. The standard InChI is InChI=1S/C13H12F3NO2/c14-13(15,16)10-3-4-17-6-9(10)12(18)8-5-7-1-2-11(8)19-7/h3-4,6-8,11H,1-2,5H2. The van der Waals surface area contributed by atoms with E-state index in [4.69, 9.17) is 4.74 Å². The maximum Gasteiger partial charge on any atom is 0.417 e. The van der Waals surface area contributed by atoms with Crippen LogP contribution in [-0.2, 0) is 10.9 Å². The van der Waals surface area contributed by atoms with Gasteiger partial charge in [-0.05, 0) is 25.3 Å². The number of hydrogen-bond acceptors (Lipinski definition) is 3. The van der Waals surface area contributed by atoms with Crippen LogP contribution in [0, 0.1) is 5.92 Å². The van der Waals surface area contributed by atoms with Gasteiger partial charge in [-0.15, -0.1) is 0 Å². The summed E-state index contributed by atoms with van der Waals surface area (Å²) in [5.41, 5.74) is -1.24. The summed E-state index contributed by atoms with van der Waals surface area (Å²) < 4.78 is 44.1. The van der Waals surface area contributed by atoms with E-state index in [1.807, 2.05) is 0 Å². The minimum Gasteiger partial charge on any atom is -0.374 e. The van der Waals surface area contributed by atoms with Crippen LogP contribution in [0.5, 0.6) is 0 Å². The highest BCUT2D eigenvalue weighted by Gasteiger charge is 2.46. The molecule has 102 valence electrons. The lowest BCUT2D eigenvalue weighted by atomic mass is 9.83. The maximum absolute atomic E-state index is 12.9. The first-order chi connectivity index (χ1) is 8.97. The van der Waals surface area contributed by atoms with E-state index >= 15 is 0 Å². The molecule has 1 aromatic rings. The fourth-order valence-corrected chi connectivity index (χ4v) is 2.95. The number of nitrogens with zero attached hydrogens (tertiary/aromatic N) is 1. The van der Waals surface area contributed by atoms with E-state index in [0.29, 0.717) is 6.42 Å². The molecule has 2 bridgehead atoms. The highest BCUT2D eigenvalue weighted by atomic mass is 19.4. The van der Waals surface area contributed by atoms with Gasteiger partial charge in [-0.25, -0.2) is 0 Å². The molecule has 2 aliphatic heterocycles. The zero-order valence-electron chi connectivity index (χ0n) is 9.98. The molecule has 2 aliphatic rings. The van der Waals surface area contributed by atoms with Crippen LogP contribution in [0.1, 0.15) is 35.2 Å². The third kappa shape index (κ3) is 2.14. The van der Waals surface area contributed by atoms with Crippen molar-refractivity contribution in [3.8, 4) is 0 Å². The van der Waals surface area contributed by atoms with Gasteiger partial charge < -0.3 is 4.74 Å². The number of Topliss-reactive ketones (excluding diaryl/α,β-unsaturated/α-hetero) is 1. The second-order valence-corrected chi connectivity index (χ2v) is 5.00. The SMILES string of the molecule is O=C(c1cnccc1C(F)(F)F)C1CC2CCC1O2. The fraction of sp³-hybridized carbons (Fsp3) is 0.538. The Labute approximate surface area is 107 Å². The summed E-state index contributed by atoms with van der Waals surface area (Å²) in [7, 11) is 0. The number of hydrogen-bond donors (Lipinski definition) is 0. The van der Waals surface area contributed by atoms with E-state index < -0.39 is 23.4 Å². The molecule has 3 rings (SSSR count). The first kappa shape index (κ1) is 12.6. The second-order valence-electron chi connectivity index (χ2n) is 5.00. The predicted molar refractivity (Wildman–Crippen MR) is 59.6 cm³/mol. The monoisotopic (exact) mass is 271 g/mol. The number of carbonyl (C=O) groups excluding carboxylic acids is 1. The molecule has 0 radical (unpaired) electrons. The summed E-state index contributed by atoms with van der Waals surface area (Å²) in [6.45, 7) is 0. The van der Waals surface area contributed by atoms with Gasteiger partial charge in [0.2, 0.25) is 0 Å². The molecule has 0 N–H and O–H groups in total. The van der Waals surface area contributed by atoms with E-state index in [1.165, 1.54) is 0 Å². The highest BCUT2D eigenvalue weighted by Crippen LogP contribution is 2.41. The van der Waals surface area contributed by atoms with Crippen LogP contribution in [0.3, 0.4) is 0 Å². The molecule has 19 heavy (non-hydrogen) atoms. The van der Waals surface area contributed by atoms with Crippen LogP contribution in [0.15, 0.2) is 18.5 Å². The van der Waals surface area contributed by atoms with Gasteiger partial charge in [0.1, 0.15) is 0 Å². The molecule has 0 aromatic carbocycles. The topological polar surface area (TPSA) is 39.2 Å². The van der Waals surface area contributed by atoms with Gasteiger partial charge in [0.15, 0.2) is 5.78 Å². The van der Waals surface area contributed by atoms with Crippen molar-refractivity contribution in [1.29, 1.82) is 0 Å². The average Bonchev–Trinajstić information content (AvgIpc) is 2.99. The third-order valence-corrected chi connectivity index (χ3v) is 3.83. The Hall–Kier alpha value is -1.43. The number of rotatable bonds is 2. The number of aromatic nitrogens is 1. The number of ether oxygens (including phenoxy) is 1. The number of pyridine rings is 1. The Morgan fingerprint density at radius 2 is 2.16 bits per heavy atom. The van der Waals surface area contributed by atoms with Crippen molar-refractivity contribution in [2.45, 2.75) is 37.6 Å². The summed E-state index contributed by atoms with van der Waals surface area (Å²) in [5, 5.41) is 0. The van der Waals surface area contributed by atoms with E-state index in [2.05, 4.69) is 4.98 Å². The summed E-state index contributed by atoms with van der Waals surface area (Å²) >= 11 is 0. The van der Waals surface area contributed by atoms with Crippen LogP contribution in [0.4, 0.5) is 13.2 Å². The number of halogens is 3. The molecule has 3 unspecified atom stereocenters. The van der Waals surface area contributed by atoms with Gasteiger partial charge in [-0.3, -0.25) is 9.78 Å². The maximum atomic E-state index is 12.9. The molecule has 0 spiro atoms. The van der Waals surface area contributed by atoms with Crippen molar-refractivity contribution in [2.24, 2.45) is 5.92 Å². The first-order valence-electron chi connectivity index (χ1n) is 6.17. The lowest BCUT2D eigenvalue weighted by molar-refractivity contribution is -0.138. The lowest BCUT2D eigenvalue weighted by Crippen LogP contribution is -2.27. The molecular formula is C13H12F3NO2. The molecule has 1 aromatic heterocycles. The summed E-state index contributed by atoms with van der Waals surface area (Å²) in [4.78, 5) is 15.9. The van der Waals surface area contributed by atoms with E-state index in [-0.39, 0.29) is 17.8 Å². The van der Waals surface area contributed by atoms with Gasteiger partial charge in [0.05, 0.1) is 23.7 Å². The van der Waals surface area contributed by atoms with E-state index in [0.717, 1.165) is 31.3 Å². The molecule has 3 nitrogen and oxygen atoms in total. The minimum atomic E-state index is -4.54. The predicted octanol–water partition coefficient (Wildman–Crippen LogP) is 2.85. The van der Waals surface area contributed by atoms with Crippen LogP contribution in [-0.4, -0.2) is 23.0 Å². The molecule has 6 heteroatoms. The molecular weight excluding hydrogens is 259 g/mol. The van der Waals surface area contributed by atoms with Crippen LogP contribution in [0.25, 0.3) is 0 Å². The zero-order valence-corrected chi connectivity index (χ0v) is 9.98. The number of ketones is 1. The van der Waals surface area contributed by atoms with Gasteiger partial charge in [0, 0.05) is 18.0 Å². The van der Waals surface area contributed by atoms with Crippen molar-refractivity contribution < 1.29 is 22.7 Å². The smallest absolute Gasteiger partial charge is 0.374 e. The van der Waals surface area contributed by atoms with E-state index in [1.54, 1.807) is 0 Å². The second kappa shape index (κ2) is 4.30. The van der Waals surface area contributed by atoms with Gasteiger partial charge >= 0.3 is 6.18 Å². The quantitative estimate of drug-likeness (QED) is 0.776. The Bertz CT molecular complexity index is 515. The largest absolute Gasteiger partial charge is 0.417 e. The molecule has 0 aliphatic carbocycles. The fourth-order valence-electron chi connectivity index (χ4n) is 2.95. The number of alkyl halides is 3. The Morgan fingerprint density at radius 3 is 2.74 bits per heavy atom. The molecule has 3 heterocycles. The highest BCUT2D eigenvalue weighted by molar-refractivity contribution is 5.99.